The minimum atomic E-state index is -3.83. The summed E-state index contributed by atoms with van der Waals surface area (Å²) in [7, 11) is -2.05. The number of sulfonamides is 1. The molecule has 0 atom stereocenters. The summed E-state index contributed by atoms with van der Waals surface area (Å²) in [5.41, 5.74) is 0.0902. The predicted octanol–water partition coefficient (Wildman–Crippen LogP) is 1.96. The Bertz CT molecular complexity index is 1650. The molecule has 4 aromatic rings. The van der Waals surface area contributed by atoms with Gasteiger partial charge in [-0.3, -0.25) is 18.6 Å². The number of aromatic nitrogens is 5. The molecule has 0 aliphatic heterocycles. The summed E-state index contributed by atoms with van der Waals surface area (Å²) in [6.07, 6.45) is 3.18. The van der Waals surface area contributed by atoms with Crippen LogP contribution in [0.25, 0.3) is 10.2 Å². The lowest BCUT2D eigenvalue weighted by Gasteiger charge is -2.11. The van der Waals surface area contributed by atoms with Gasteiger partial charge in [0.25, 0.3) is 15.6 Å². The van der Waals surface area contributed by atoms with Gasteiger partial charge in [-0.25, -0.2) is 22.9 Å². The number of fused-ring (bicyclic) bond motifs is 1. The molecule has 4 heterocycles. The highest BCUT2D eigenvalue weighted by Crippen LogP contribution is 2.37. The van der Waals surface area contributed by atoms with Crippen LogP contribution >= 0.6 is 22.7 Å². The van der Waals surface area contributed by atoms with Crippen LogP contribution in [0.15, 0.2) is 32.1 Å². The molecule has 0 spiro atoms. The van der Waals surface area contributed by atoms with Gasteiger partial charge in [0.05, 0.1) is 34.9 Å². The van der Waals surface area contributed by atoms with Crippen molar-refractivity contribution < 1.29 is 8.42 Å². The standard InChI is InChI=1S/C21H24N6O4S3/c1-12-7-14(25(4)23-12)10-27-19-16(8-17(33-19)34(30,31)24-21(3)5-6-21)18(28)26(20(27)29)11-15-9-22-13(2)32-15/h7-9,24H,5-6,10-11H2,1-4H3. The first kappa shape index (κ1) is 23.1. The Morgan fingerprint density at radius 1 is 1.12 bits per heavy atom. The van der Waals surface area contributed by atoms with Crippen LogP contribution in [0, 0.1) is 13.8 Å². The fourth-order valence-corrected chi connectivity index (χ4v) is 7.55. The van der Waals surface area contributed by atoms with Crippen molar-refractivity contribution in [3.8, 4) is 0 Å². The third-order valence-corrected chi connectivity index (χ3v) is 10.1. The molecule has 0 unspecified atom stereocenters. The van der Waals surface area contributed by atoms with Crippen molar-refractivity contribution in [2.75, 3.05) is 0 Å². The number of rotatable bonds is 7. The molecule has 5 rings (SSSR count). The number of nitrogens with one attached hydrogen (secondary N) is 1. The zero-order valence-electron chi connectivity index (χ0n) is 19.2. The Labute approximate surface area is 203 Å². The van der Waals surface area contributed by atoms with E-state index < -0.39 is 26.8 Å². The number of aryl methyl sites for hydroxylation is 3. The van der Waals surface area contributed by atoms with Gasteiger partial charge in [0, 0.05) is 23.7 Å². The SMILES string of the molecule is Cc1cc(Cn2c(=O)n(Cc3cnc(C)s3)c(=O)c3cc(S(=O)(=O)NC4(C)CC4)sc32)n(C)n1. The first-order chi connectivity index (χ1) is 16.0. The van der Waals surface area contributed by atoms with Crippen molar-refractivity contribution in [2.45, 2.75) is 56.5 Å². The monoisotopic (exact) mass is 520 g/mol. The molecular weight excluding hydrogens is 496 g/mol. The Balaban J connectivity index is 1.70. The number of thiophene rings is 1. The van der Waals surface area contributed by atoms with Crippen molar-refractivity contribution in [2.24, 2.45) is 7.05 Å². The molecule has 1 aliphatic rings. The zero-order valence-corrected chi connectivity index (χ0v) is 21.6. The largest absolute Gasteiger partial charge is 0.332 e. The molecule has 0 radical (unpaired) electrons. The van der Waals surface area contributed by atoms with Crippen LogP contribution in [-0.2, 0) is 30.2 Å². The topological polar surface area (TPSA) is 121 Å². The maximum absolute atomic E-state index is 13.6. The van der Waals surface area contributed by atoms with E-state index in [4.69, 9.17) is 0 Å². The number of thiazole rings is 1. The van der Waals surface area contributed by atoms with Gasteiger partial charge < -0.3 is 0 Å². The van der Waals surface area contributed by atoms with Crippen molar-refractivity contribution in [1.29, 1.82) is 0 Å². The van der Waals surface area contributed by atoms with Crippen LogP contribution < -0.4 is 16.0 Å². The molecule has 0 bridgehead atoms. The smallest absolute Gasteiger partial charge is 0.278 e. The molecular formula is C21H24N6O4S3. The van der Waals surface area contributed by atoms with Crippen LogP contribution in [0.1, 0.15) is 41.0 Å². The summed E-state index contributed by atoms with van der Waals surface area (Å²) in [6, 6.07) is 3.25. The second kappa shape index (κ2) is 7.97. The molecule has 1 N–H and O–H groups in total. The van der Waals surface area contributed by atoms with Crippen LogP contribution in [0.2, 0.25) is 0 Å². The fourth-order valence-electron chi connectivity index (χ4n) is 3.86. The summed E-state index contributed by atoms with van der Waals surface area (Å²) in [5.74, 6) is 0. The Morgan fingerprint density at radius 3 is 2.44 bits per heavy atom. The third kappa shape index (κ3) is 4.17. The minimum Gasteiger partial charge on any atom is -0.278 e. The second-order valence-electron chi connectivity index (χ2n) is 8.96. The summed E-state index contributed by atoms with van der Waals surface area (Å²) in [4.78, 5) is 32.2. The van der Waals surface area contributed by atoms with E-state index in [0.717, 1.165) is 50.0 Å². The van der Waals surface area contributed by atoms with E-state index >= 15 is 0 Å². The molecule has 0 aromatic carbocycles. The minimum absolute atomic E-state index is 0.0217. The van der Waals surface area contributed by atoms with Crippen LogP contribution in [0.3, 0.4) is 0 Å². The van der Waals surface area contributed by atoms with E-state index in [2.05, 4.69) is 14.8 Å². The summed E-state index contributed by atoms with van der Waals surface area (Å²) >= 11 is 2.35. The summed E-state index contributed by atoms with van der Waals surface area (Å²) < 4.78 is 33.1. The van der Waals surface area contributed by atoms with Crippen molar-refractivity contribution in [3.63, 3.8) is 0 Å². The number of hydrogen-bond acceptors (Lipinski definition) is 8. The average molecular weight is 521 g/mol. The first-order valence-corrected chi connectivity index (χ1v) is 13.8. The molecule has 13 heteroatoms. The lowest BCUT2D eigenvalue weighted by Crippen LogP contribution is -2.40. The Kier molecular flexibility index (Phi) is 5.43. The molecule has 180 valence electrons. The third-order valence-electron chi connectivity index (χ3n) is 5.92. The van der Waals surface area contributed by atoms with E-state index in [9.17, 15) is 18.0 Å². The van der Waals surface area contributed by atoms with Gasteiger partial charge in [-0.2, -0.15) is 5.10 Å². The number of nitrogens with zero attached hydrogens (tertiary/aromatic N) is 5. The van der Waals surface area contributed by atoms with Crippen LogP contribution in [-0.4, -0.2) is 37.9 Å². The van der Waals surface area contributed by atoms with Crippen molar-refractivity contribution in [1.82, 2.24) is 28.6 Å². The van der Waals surface area contributed by atoms with Crippen molar-refractivity contribution >= 4 is 42.9 Å². The molecule has 10 nitrogen and oxygen atoms in total. The Morgan fingerprint density at radius 2 is 1.85 bits per heavy atom. The number of hydrogen-bond donors (Lipinski definition) is 1. The quantitative estimate of drug-likeness (QED) is 0.398. The van der Waals surface area contributed by atoms with E-state index in [-0.39, 0.29) is 22.7 Å². The summed E-state index contributed by atoms with van der Waals surface area (Å²) in [5, 5.41) is 5.37. The van der Waals surface area contributed by atoms with E-state index in [1.807, 2.05) is 26.8 Å². The normalized spacial score (nSPS) is 15.3. The van der Waals surface area contributed by atoms with Gasteiger partial charge in [0.2, 0.25) is 0 Å². The lowest BCUT2D eigenvalue weighted by molar-refractivity contribution is 0.560. The van der Waals surface area contributed by atoms with Crippen LogP contribution in [0.4, 0.5) is 0 Å². The van der Waals surface area contributed by atoms with E-state index in [0.29, 0.717) is 4.83 Å². The fraction of sp³-hybridized carbons (Fsp3) is 0.429. The molecule has 1 aliphatic carbocycles. The maximum atomic E-state index is 13.6. The summed E-state index contributed by atoms with van der Waals surface area (Å²) in [6.45, 7) is 5.78. The second-order valence-corrected chi connectivity index (χ2v) is 13.2. The van der Waals surface area contributed by atoms with E-state index in [1.54, 1.807) is 17.9 Å². The predicted molar refractivity (Wildman–Crippen MR) is 131 cm³/mol. The van der Waals surface area contributed by atoms with Crippen LogP contribution in [0.5, 0.6) is 0 Å². The average Bonchev–Trinajstić information content (AvgIpc) is 3.11. The maximum Gasteiger partial charge on any atom is 0.332 e. The van der Waals surface area contributed by atoms with E-state index in [1.165, 1.54) is 22.0 Å². The lowest BCUT2D eigenvalue weighted by atomic mass is 10.3. The van der Waals surface area contributed by atoms with Gasteiger partial charge in [0.15, 0.2) is 0 Å². The van der Waals surface area contributed by atoms with Gasteiger partial charge in [-0.05, 0) is 45.7 Å². The van der Waals surface area contributed by atoms with Crippen molar-refractivity contribution in [3.05, 3.63) is 60.4 Å². The molecule has 1 fully saturated rings. The first-order valence-electron chi connectivity index (χ1n) is 10.7. The highest BCUT2D eigenvalue weighted by molar-refractivity contribution is 7.91. The van der Waals surface area contributed by atoms with Gasteiger partial charge in [-0.1, -0.05) is 0 Å². The molecule has 0 amide bonds. The highest BCUT2D eigenvalue weighted by Gasteiger charge is 2.41. The van der Waals surface area contributed by atoms with Gasteiger partial charge >= 0.3 is 5.69 Å². The molecule has 34 heavy (non-hydrogen) atoms. The molecule has 0 saturated heterocycles. The Hall–Kier alpha value is -2.61. The molecule has 1 saturated carbocycles. The van der Waals surface area contributed by atoms with Gasteiger partial charge in [-0.15, -0.1) is 22.7 Å². The van der Waals surface area contributed by atoms with Gasteiger partial charge in [0.1, 0.15) is 9.04 Å². The molecule has 4 aromatic heterocycles. The zero-order chi connectivity index (χ0) is 24.4. The highest BCUT2D eigenvalue weighted by atomic mass is 32.2.